The molecule has 5 aromatic rings. The summed E-state index contributed by atoms with van der Waals surface area (Å²) in [5.74, 6) is 0.365. The van der Waals surface area contributed by atoms with Crippen molar-refractivity contribution in [3.63, 3.8) is 0 Å². The van der Waals surface area contributed by atoms with Gasteiger partial charge in [-0.05, 0) is 41.3 Å². The van der Waals surface area contributed by atoms with E-state index in [2.05, 4.69) is 63.7 Å². The van der Waals surface area contributed by atoms with Crippen LogP contribution < -0.4 is 10.1 Å². The molecule has 0 radical (unpaired) electrons. The standard InChI is InChI=1S/C35H28N4O2S/c1-34(21-35(36-2)28-12-6-4-9-26(28)30(34)27-10-5-7-13-29(27)35)32(40)39-33-38-24(20-42-33)19-22-14-16-23(17-15-22)25-11-8-18-37-31(25)41-3/h4-18,20,30H,19,21H2,1,3H3,(H,38,39,40). The number of fused-ring (bicyclic) bond motifs is 1. The number of carbonyl (C=O) groups is 1. The highest BCUT2D eigenvalue weighted by atomic mass is 32.1. The molecule has 3 aliphatic rings. The van der Waals surface area contributed by atoms with Crippen LogP contribution in [0.15, 0.2) is 96.5 Å². The van der Waals surface area contributed by atoms with Gasteiger partial charge in [-0.3, -0.25) is 9.64 Å². The van der Waals surface area contributed by atoms with Gasteiger partial charge < -0.3 is 10.1 Å². The van der Waals surface area contributed by atoms with Gasteiger partial charge in [0.05, 0.1) is 18.2 Å². The average Bonchev–Trinajstić information content (AvgIpc) is 3.47. The monoisotopic (exact) mass is 568 g/mol. The van der Waals surface area contributed by atoms with Gasteiger partial charge in [0.25, 0.3) is 5.54 Å². The van der Waals surface area contributed by atoms with Gasteiger partial charge in [0.1, 0.15) is 0 Å². The molecule has 8 rings (SSSR count). The number of methoxy groups -OCH3 is 1. The maximum absolute atomic E-state index is 14.1. The number of amides is 1. The van der Waals surface area contributed by atoms with Crippen LogP contribution in [0.25, 0.3) is 16.0 Å². The number of ether oxygens (including phenoxy) is 1. The summed E-state index contributed by atoms with van der Waals surface area (Å²) in [6, 6.07) is 28.4. The highest BCUT2D eigenvalue weighted by Crippen LogP contribution is 2.64. The first-order valence-electron chi connectivity index (χ1n) is 13.9. The Kier molecular flexibility index (Phi) is 6.18. The molecular weight excluding hydrogens is 540 g/mol. The van der Waals surface area contributed by atoms with E-state index >= 15 is 0 Å². The fourth-order valence-electron chi connectivity index (χ4n) is 6.92. The number of hydrogen-bond acceptors (Lipinski definition) is 5. The lowest BCUT2D eigenvalue weighted by Gasteiger charge is -2.51. The molecule has 3 aromatic carbocycles. The number of hydrogen-bond donors (Lipinski definition) is 1. The molecule has 2 aromatic heterocycles. The van der Waals surface area contributed by atoms with Crippen molar-refractivity contribution in [2.24, 2.45) is 5.41 Å². The smallest absolute Gasteiger partial charge is 0.284 e. The molecule has 3 aliphatic carbocycles. The lowest BCUT2D eigenvalue weighted by molar-refractivity contribution is -0.127. The van der Waals surface area contributed by atoms with Crippen LogP contribution in [-0.2, 0) is 16.8 Å². The van der Waals surface area contributed by atoms with Crippen molar-refractivity contribution in [2.75, 3.05) is 12.4 Å². The minimum atomic E-state index is -0.881. The molecule has 0 saturated heterocycles. The summed E-state index contributed by atoms with van der Waals surface area (Å²) >= 11 is 1.43. The van der Waals surface area contributed by atoms with Crippen molar-refractivity contribution in [3.8, 4) is 17.0 Å². The second-order valence-electron chi connectivity index (χ2n) is 11.2. The van der Waals surface area contributed by atoms with E-state index in [-0.39, 0.29) is 11.8 Å². The molecular formula is C35H28N4O2S. The van der Waals surface area contributed by atoms with Crippen LogP contribution in [0, 0.1) is 12.0 Å². The summed E-state index contributed by atoms with van der Waals surface area (Å²) in [6.07, 6.45) is 2.80. The van der Waals surface area contributed by atoms with Gasteiger partial charge in [0, 0.05) is 47.0 Å². The van der Waals surface area contributed by atoms with Gasteiger partial charge in [0.15, 0.2) is 5.13 Å². The van der Waals surface area contributed by atoms with Crippen LogP contribution in [0.2, 0.25) is 0 Å². The first-order valence-corrected chi connectivity index (χ1v) is 14.8. The molecule has 0 saturated carbocycles. The molecule has 0 fully saturated rings. The summed E-state index contributed by atoms with van der Waals surface area (Å²) in [5, 5.41) is 5.71. The number of rotatable bonds is 6. The zero-order valence-corrected chi connectivity index (χ0v) is 24.1. The molecule has 1 atom stereocenters. The molecule has 6 nitrogen and oxygen atoms in total. The predicted molar refractivity (Wildman–Crippen MR) is 165 cm³/mol. The number of nitrogens with zero attached hydrogens (tertiary/aromatic N) is 3. The zero-order valence-electron chi connectivity index (χ0n) is 23.3. The highest BCUT2D eigenvalue weighted by Gasteiger charge is 2.64. The maximum atomic E-state index is 14.1. The first-order chi connectivity index (χ1) is 20.5. The minimum Gasteiger partial charge on any atom is -0.481 e. The molecule has 2 bridgehead atoms. The molecule has 0 spiro atoms. The number of benzene rings is 3. The van der Waals surface area contributed by atoms with Crippen LogP contribution in [0.4, 0.5) is 5.13 Å². The van der Waals surface area contributed by atoms with Gasteiger partial charge in [-0.1, -0.05) is 72.8 Å². The molecule has 1 N–H and O–H groups in total. The molecule has 1 amide bonds. The van der Waals surface area contributed by atoms with E-state index in [0.29, 0.717) is 23.9 Å². The van der Waals surface area contributed by atoms with E-state index < -0.39 is 11.0 Å². The van der Waals surface area contributed by atoms with Gasteiger partial charge in [-0.15, -0.1) is 11.3 Å². The van der Waals surface area contributed by atoms with E-state index in [9.17, 15) is 4.79 Å². The molecule has 206 valence electrons. The van der Waals surface area contributed by atoms with E-state index in [1.807, 2.05) is 48.7 Å². The van der Waals surface area contributed by atoms with E-state index in [4.69, 9.17) is 16.3 Å². The fraction of sp³-hybridized carbons (Fsp3) is 0.200. The van der Waals surface area contributed by atoms with Gasteiger partial charge in [-0.25, -0.2) is 16.5 Å². The van der Waals surface area contributed by atoms with E-state index in [0.717, 1.165) is 44.6 Å². The molecule has 42 heavy (non-hydrogen) atoms. The van der Waals surface area contributed by atoms with Gasteiger partial charge >= 0.3 is 0 Å². The summed E-state index contributed by atoms with van der Waals surface area (Å²) in [6.45, 7) is 10.3. The maximum Gasteiger partial charge on any atom is 0.284 e. The highest BCUT2D eigenvalue weighted by molar-refractivity contribution is 7.13. The number of aromatic nitrogens is 2. The number of carbonyl (C=O) groups excluding carboxylic acids is 1. The quantitative estimate of drug-likeness (QED) is 0.216. The van der Waals surface area contributed by atoms with Crippen molar-refractivity contribution >= 4 is 22.4 Å². The Labute approximate surface area is 248 Å². The van der Waals surface area contributed by atoms with Crippen LogP contribution in [-0.4, -0.2) is 23.0 Å². The Morgan fingerprint density at radius 1 is 1.02 bits per heavy atom. The van der Waals surface area contributed by atoms with Crippen molar-refractivity contribution in [2.45, 2.75) is 31.2 Å². The number of pyridine rings is 1. The van der Waals surface area contributed by atoms with E-state index in [1.54, 1.807) is 13.3 Å². The third kappa shape index (κ3) is 3.94. The van der Waals surface area contributed by atoms with Crippen molar-refractivity contribution in [1.29, 1.82) is 0 Å². The third-order valence-corrected chi connectivity index (χ3v) is 9.60. The number of thiazole rings is 1. The van der Waals surface area contributed by atoms with E-state index in [1.165, 1.54) is 11.3 Å². The second-order valence-corrected chi connectivity index (χ2v) is 12.1. The first kappa shape index (κ1) is 26.1. The predicted octanol–water partition coefficient (Wildman–Crippen LogP) is 7.46. The van der Waals surface area contributed by atoms with Crippen molar-refractivity contribution in [3.05, 3.63) is 141 Å². The molecule has 2 heterocycles. The average molecular weight is 569 g/mol. The largest absolute Gasteiger partial charge is 0.481 e. The van der Waals surface area contributed by atoms with Gasteiger partial charge in [-0.2, -0.15) is 0 Å². The van der Waals surface area contributed by atoms with Crippen LogP contribution in [0.1, 0.15) is 52.8 Å². The Balaban J connectivity index is 1.13. The lowest BCUT2D eigenvalue weighted by Crippen LogP contribution is -2.53. The van der Waals surface area contributed by atoms with Crippen molar-refractivity contribution in [1.82, 2.24) is 9.97 Å². The molecule has 1 unspecified atom stereocenters. The third-order valence-electron chi connectivity index (χ3n) is 8.79. The Morgan fingerprint density at radius 3 is 2.38 bits per heavy atom. The number of nitrogens with one attached hydrogen (secondary N) is 1. The van der Waals surface area contributed by atoms with Crippen LogP contribution >= 0.6 is 11.3 Å². The summed E-state index contributed by atoms with van der Waals surface area (Å²) in [7, 11) is 1.62. The normalized spacial score (nSPS) is 21.6. The molecule has 0 aliphatic heterocycles. The topological polar surface area (TPSA) is 68.5 Å². The van der Waals surface area contributed by atoms with Crippen LogP contribution in [0.5, 0.6) is 5.88 Å². The van der Waals surface area contributed by atoms with Crippen LogP contribution in [0.3, 0.4) is 0 Å². The summed E-state index contributed by atoms with van der Waals surface area (Å²) in [5.41, 5.74) is 6.50. The minimum absolute atomic E-state index is 0.0970. The Morgan fingerprint density at radius 2 is 1.71 bits per heavy atom. The van der Waals surface area contributed by atoms with Gasteiger partial charge in [0.2, 0.25) is 11.8 Å². The van der Waals surface area contributed by atoms with Crippen molar-refractivity contribution < 1.29 is 9.53 Å². The Hall–Kier alpha value is -4.80. The lowest BCUT2D eigenvalue weighted by atomic mass is 9.49. The summed E-state index contributed by atoms with van der Waals surface area (Å²) in [4.78, 5) is 27.4. The molecule has 7 heteroatoms. The summed E-state index contributed by atoms with van der Waals surface area (Å²) < 4.78 is 5.40. The second kappa shape index (κ2) is 9.93. The zero-order chi connectivity index (χ0) is 28.9. The SMILES string of the molecule is [C-]#[N+]C12CC(C)(C(=O)Nc3nc(Cc4ccc(-c5cccnc5OC)cc4)cs3)C(c3ccccc31)c1ccccc12. The number of anilines is 1. The Bertz CT molecular complexity index is 1830. The fourth-order valence-corrected chi connectivity index (χ4v) is 7.62.